The smallest absolute Gasteiger partial charge is 0.381 e. The predicted molar refractivity (Wildman–Crippen MR) is 84.7 cm³/mol. The van der Waals surface area contributed by atoms with Crippen molar-refractivity contribution in [2.75, 3.05) is 6.61 Å². The average molecular weight is 438 g/mol. The molecule has 0 saturated heterocycles. The third kappa shape index (κ3) is 3.07. The Labute approximate surface area is 160 Å². The van der Waals surface area contributed by atoms with Crippen LogP contribution >= 0.6 is 0 Å². The highest BCUT2D eigenvalue weighted by Crippen LogP contribution is 2.71. The molecular formula is C18H19F9O2. The minimum atomic E-state index is -6.68. The number of benzene rings is 1. The molecule has 11 heteroatoms. The van der Waals surface area contributed by atoms with E-state index in [9.17, 15) is 44.6 Å². The van der Waals surface area contributed by atoms with Crippen molar-refractivity contribution in [2.45, 2.75) is 68.1 Å². The van der Waals surface area contributed by atoms with E-state index >= 15 is 0 Å². The SMILES string of the molecule is CCCCOc1ccccc1C(C)(O)CC1(F)C(F)(F)C(F)(F)C(F)(F)C1(F)F. The lowest BCUT2D eigenvalue weighted by molar-refractivity contribution is -0.303. The van der Waals surface area contributed by atoms with E-state index in [0.717, 1.165) is 6.07 Å². The summed E-state index contributed by atoms with van der Waals surface area (Å²) in [6, 6.07) is 4.80. The van der Waals surface area contributed by atoms with Gasteiger partial charge in [-0.2, -0.15) is 35.1 Å². The van der Waals surface area contributed by atoms with E-state index in [4.69, 9.17) is 4.74 Å². The van der Waals surface area contributed by atoms with E-state index in [1.807, 2.05) is 6.92 Å². The van der Waals surface area contributed by atoms with Gasteiger partial charge in [0.15, 0.2) is 0 Å². The summed E-state index contributed by atoms with van der Waals surface area (Å²) in [5.74, 6) is -26.5. The van der Waals surface area contributed by atoms with Gasteiger partial charge in [0.05, 0.1) is 12.2 Å². The first-order chi connectivity index (χ1) is 13.0. The Balaban J connectivity index is 2.52. The van der Waals surface area contributed by atoms with Crippen molar-refractivity contribution in [1.29, 1.82) is 0 Å². The van der Waals surface area contributed by atoms with Gasteiger partial charge in [-0.25, -0.2) is 4.39 Å². The number of para-hydroxylation sites is 1. The largest absolute Gasteiger partial charge is 0.493 e. The van der Waals surface area contributed by atoms with Crippen LogP contribution in [-0.2, 0) is 5.60 Å². The number of unbranched alkanes of at least 4 members (excludes halogenated alkanes) is 1. The molecule has 0 radical (unpaired) electrons. The Morgan fingerprint density at radius 1 is 0.862 bits per heavy atom. The molecule has 29 heavy (non-hydrogen) atoms. The van der Waals surface area contributed by atoms with Crippen LogP contribution in [0, 0.1) is 0 Å². The number of rotatable bonds is 7. The van der Waals surface area contributed by atoms with Crippen LogP contribution < -0.4 is 4.74 Å². The lowest BCUT2D eigenvalue weighted by atomic mass is 9.80. The number of aliphatic hydroxyl groups is 1. The molecule has 1 atom stereocenters. The minimum absolute atomic E-state index is 0.0623. The number of alkyl halides is 9. The first-order valence-corrected chi connectivity index (χ1v) is 8.66. The van der Waals surface area contributed by atoms with Crippen LogP contribution in [0.4, 0.5) is 39.5 Å². The molecule has 0 bridgehead atoms. The molecule has 2 rings (SSSR count). The fraction of sp³-hybridized carbons (Fsp3) is 0.667. The minimum Gasteiger partial charge on any atom is -0.493 e. The van der Waals surface area contributed by atoms with Crippen molar-refractivity contribution in [3.8, 4) is 5.75 Å². The topological polar surface area (TPSA) is 29.5 Å². The Morgan fingerprint density at radius 2 is 1.34 bits per heavy atom. The van der Waals surface area contributed by atoms with Crippen LogP contribution in [0.3, 0.4) is 0 Å². The molecule has 166 valence electrons. The van der Waals surface area contributed by atoms with E-state index in [2.05, 4.69) is 0 Å². The molecule has 0 aromatic heterocycles. The van der Waals surface area contributed by atoms with Gasteiger partial charge < -0.3 is 9.84 Å². The quantitative estimate of drug-likeness (QED) is 0.436. The molecular weight excluding hydrogens is 419 g/mol. The molecule has 0 aliphatic heterocycles. The second-order valence-corrected chi connectivity index (χ2v) is 7.25. The summed E-state index contributed by atoms with van der Waals surface area (Å²) < 4.78 is 130. The highest BCUT2D eigenvalue weighted by molar-refractivity contribution is 5.39. The molecule has 2 nitrogen and oxygen atoms in total. The summed E-state index contributed by atoms with van der Waals surface area (Å²) >= 11 is 0. The lowest BCUT2D eigenvalue weighted by Crippen LogP contribution is -2.57. The molecule has 1 unspecified atom stereocenters. The van der Waals surface area contributed by atoms with Gasteiger partial charge >= 0.3 is 23.7 Å². The Kier molecular flexibility index (Phi) is 5.66. The number of hydrogen-bond donors (Lipinski definition) is 1. The van der Waals surface area contributed by atoms with E-state index in [1.54, 1.807) is 0 Å². The summed E-state index contributed by atoms with van der Waals surface area (Å²) in [7, 11) is 0. The first-order valence-electron chi connectivity index (χ1n) is 8.66. The second-order valence-electron chi connectivity index (χ2n) is 7.25. The van der Waals surface area contributed by atoms with Crippen LogP contribution in [0.5, 0.6) is 5.75 Å². The molecule has 0 amide bonds. The fourth-order valence-electron chi connectivity index (χ4n) is 3.24. The van der Waals surface area contributed by atoms with E-state index in [-0.39, 0.29) is 12.4 Å². The molecule has 1 fully saturated rings. The third-order valence-electron chi connectivity index (χ3n) is 4.99. The first kappa shape index (κ1) is 23.6. The van der Waals surface area contributed by atoms with Gasteiger partial charge in [0.2, 0.25) is 0 Å². The molecule has 1 N–H and O–H groups in total. The normalized spacial score (nSPS) is 25.4. The molecule has 1 saturated carbocycles. The van der Waals surface area contributed by atoms with Gasteiger partial charge in [-0.05, 0) is 19.4 Å². The van der Waals surface area contributed by atoms with Crippen molar-refractivity contribution < 1.29 is 49.4 Å². The van der Waals surface area contributed by atoms with Crippen LogP contribution in [0.1, 0.15) is 38.7 Å². The molecule has 1 aromatic rings. The maximum Gasteiger partial charge on any atom is 0.381 e. The average Bonchev–Trinajstić information content (AvgIpc) is 2.65. The summed E-state index contributed by atoms with van der Waals surface area (Å²) in [5.41, 5.74) is -9.20. The molecule has 0 spiro atoms. The maximum absolute atomic E-state index is 14.8. The van der Waals surface area contributed by atoms with Crippen molar-refractivity contribution in [2.24, 2.45) is 0 Å². The highest BCUT2D eigenvalue weighted by Gasteiger charge is 3.00. The molecule has 0 heterocycles. The number of hydrogen-bond acceptors (Lipinski definition) is 2. The fourth-order valence-corrected chi connectivity index (χ4v) is 3.24. The Hall–Kier alpha value is -1.65. The van der Waals surface area contributed by atoms with Crippen molar-refractivity contribution in [3.63, 3.8) is 0 Å². The molecule has 1 aromatic carbocycles. The van der Waals surface area contributed by atoms with Crippen LogP contribution in [-0.4, -0.2) is 41.1 Å². The Morgan fingerprint density at radius 3 is 1.83 bits per heavy atom. The van der Waals surface area contributed by atoms with E-state index < -0.39 is 46.9 Å². The lowest BCUT2D eigenvalue weighted by Gasteiger charge is -2.37. The second kappa shape index (κ2) is 6.95. The number of halogens is 9. The van der Waals surface area contributed by atoms with Crippen LogP contribution in [0.2, 0.25) is 0 Å². The van der Waals surface area contributed by atoms with E-state index in [1.165, 1.54) is 18.2 Å². The summed E-state index contributed by atoms with van der Waals surface area (Å²) in [6.07, 6.45) is -1.24. The van der Waals surface area contributed by atoms with Crippen molar-refractivity contribution in [3.05, 3.63) is 29.8 Å². The zero-order chi connectivity index (χ0) is 22.5. The monoisotopic (exact) mass is 438 g/mol. The summed E-state index contributed by atoms with van der Waals surface area (Å²) in [6.45, 7) is 2.45. The zero-order valence-electron chi connectivity index (χ0n) is 15.4. The predicted octanol–water partition coefficient (Wildman–Crippen LogP) is 5.73. The van der Waals surface area contributed by atoms with Crippen molar-refractivity contribution >= 4 is 0 Å². The highest BCUT2D eigenvalue weighted by atomic mass is 19.4. The van der Waals surface area contributed by atoms with E-state index in [0.29, 0.717) is 19.8 Å². The standard InChI is InChI=1S/C18H19F9O2/c1-3-4-9-29-12-8-6-5-7-11(12)13(2,28)10-14(19)15(20,21)17(24,25)18(26,27)16(14,22)23/h5-8,28H,3-4,9-10H2,1-2H3. The van der Waals surface area contributed by atoms with Crippen LogP contribution in [0.15, 0.2) is 24.3 Å². The summed E-state index contributed by atoms with van der Waals surface area (Å²) in [4.78, 5) is 0. The number of ether oxygens (including phenoxy) is 1. The zero-order valence-corrected chi connectivity index (χ0v) is 15.4. The molecule has 1 aliphatic carbocycles. The Bertz CT molecular complexity index is 721. The van der Waals surface area contributed by atoms with Gasteiger partial charge in [0, 0.05) is 12.0 Å². The van der Waals surface area contributed by atoms with Gasteiger partial charge in [0.1, 0.15) is 5.75 Å². The maximum atomic E-state index is 14.8. The van der Waals surface area contributed by atoms with Gasteiger partial charge in [0.25, 0.3) is 5.67 Å². The molecule has 1 aliphatic rings. The summed E-state index contributed by atoms with van der Waals surface area (Å²) in [5, 5.41) is 10.5. The third-order valence-corrected chi connectivity index (χ3v) is 4.99. The van der Waals surface area contributed by atoms with Gasteiger partial charge in [-0.15, -0.1) is 0 Å². The van der Waals surface area contributed by atoms with Crippen molar-refractivity contribution in [1.82, 2.24) is 0 Å². The van der Waals surface area contributed by atoms with Gasteiger partial charge in [-0.1, -0.05) is 31.5 Å². The van der Waals surface area contributed by atoms with Crippen LogP contribution in [0.25, 0.3) is 0 Å². The van der Waals surface area contributed by atoms with Gasteiger partial charge in [-0.3, -0.25) is 0 Å².